The zero-order valence-electron chi connectivity index (χ0n) is 10.3. The van der Waals surface area contributed by atoms with Gasteiger partial charge >= 0.3 is 0 Å². The van der Waals surface area contributed by atoms with E-state index in [1.165, 1.54) is 0 Å². The summed E-state index contributed by atoms with van der Waals surface area (Å²) in [5.74, 6) is 0. The topological polar surface area (TPSA) is 23.5 Å². The molecule has 18 heavy (non-hydrogen) atoms. The van der Waals surface area contributed by atoms with Crippen LogP contribution in [-0.4, -0.2) is 18.7 Å². The van der Waals surface area contributed by atoms with Gasteiger partial charge < -0.3 is 10.0 Å². The Labute approximate surface area is 116 Å². The molecule has 0 saturated heterocycles. The quantitative estimate of drug-likeness (QED) is 0.932. The van der Waals surface area contributed by atoms with Gasteiger partial charge in [-0.05, 0) is 29.8 Å². The van der Waals surface area contributed by atoms with Gasteiger partial charge in [0.05, 0.1) is 6.10 Å². The van der Waals surface area contributed by atoms with E-state index in [1.54, 1.807) is 0 Å². The van der Waals surface area contributed by atoms with Crippen LogP contribution in [-0.2, 0) is 0 Å². The summed E-state index contributed by atoms with van der Waals surface area (Å²) in [6.45, 7) is 0.575. The minimum absolute atomic E-state index is 0.483. The molecule has 0 aliphatic rings. The lowest BCUT2D eigenvalue weighted by atomic mass is 10.1. The van der Waals surface area contributed by atoms with Crippen molar-refractivity contribution >= 4 is 21.6 Å². The number of likely N-dealkylation sites (N-methyl/N-ethyl adjacent to an activating group) is 1. The average molecular weight is 306 g/mol. The van der Waals surface area contributed by atoms with Crippen LogP contribution in [0.5, 0.6) is 0 Å². The van der Waals surface area contributed by atoms with E-state index in [2.05, 4.69) is 15.9 Å². The number of anilines is 1. The Morgan fingerprint density at radius 3 is 2.28 bits per heavy atom. The predicted octanol–water partition coefficient (Wildman–Crippen LogP) is 3.62. The molecule has 0 aliphatic heterocycles. The van der Waals surface area contributed by atoms with Crippen molar-refractivity contribution in [2.24, 2.45) is 0 Å². The van der Waals surface area contributed by atoms with E-state index in [0.29, 0.717) is 6.54 Å². The molecular formula is C15H16BrNO. The van der Waals surface area contributed by atoms with E-state index in [4.69, 9.17) is 0 Å². The van der Waals surface area contributed by atoms with Crippen molar-refractivity contribution in [3.05, 3.63) is 64.6 Å². The zero-order chi connectivity index (χ0) is 13.0. The van der Waals surface area contributed by atoms with Crippen LogP contribution in [0.2, 0.25) is 0 Å². The molecule has 1 unspecified atom stereocenters. The molecule has 0 amide bonds. The van der Waals surface area contributed by atoms with Gasteiger partial charge in [0.15, 0.2) is 0 Å². The lowest BCUT2D eigenvalue weighted by molar-refractivity contribution is 0.185. The van der Waals surface area contributed by atoms with Crippen LogP contribution in [0, 0.1) is 0 Å². The number of para-hydroxylation sites is 1. The molecule has 1 atom stereocenters. The van der Waals surface area contributed by atoms with Gasteiger partial charge in [-0.1, -0.05) is 46.3 Å². The second-order valence-electron chi connectivity index (χ2n) is 4.28. The summed E-state index contributed by atoms with van der Waals surface area (Å²) in [5.41, 5.74) is 2.04. The molecule has 2 aromatic carbocycles. The monoisotopic (exact) mass is 305 g/mol. The Hall–Kier alpha value is -1.32. The van der Waals surface area contributed by atoms with Gasteiger partial charge in [0.25, 0.3) is 0 Å². The summed E-state index contributed by atoms with van der Waals surface area (Å²) < 4.78 is 1.02. The first-order valence-electron chi connectivity index (χ1n) is 5.86. The van der Waals surface area contributed by atoms with Crippen LogP contribution in [0.4, 0.5) is 5.69 Å². The van der Waals surface area contributed by atoms with Crippen molar-refractivity contribution < 1.29 is 5.11 Å². The van der Waals surface area contributed by atoms with Crippen molar-refractivity contribution in [1.82, 2.24) is 0 Å². The van der Waals surface area contributed by atoms with Gasteiger partial charge in [-0.15, -0.1) is 0 Å². The maximum Gasteiger partial charge on any atom is 0.0964 e. The summed E-state index contributed by atoms with van der Waals surface area (Å²) in [4.78, 5) is 2.05. The van der Waals surface area contributed by atoms with Crippen LogP contribution in [0.3, 0.4) is 0 Å². The Bertz CT molecular complexity index is 484. The van der Waals surface area contributed by atoms with Crippen LogP contribution in [0.15, 0.2) is 59.1 Å². The molecule has 2 aromatic rings. The van der Waals surface area contributed by atoms with Gasteiger partial charge in [-0.25, -0.2) is 0 Å². The molecule has 0 heterocycles. The molecule has 0 fully saturated rings. The minimum Gasteiger partial charge on any atom is -0.387 e. The van der Waals surface area contributed by atoms with Gasteiger partial charge in [0.2, 0.25) is 0 Å². The third-order valence-electron chi connectivity index (χ3n) is 2.90. The molecule has 1 N–H and O–H groups in total. The fraction of sp³-hybridized carbons (Fsp3) is 0.200. The Balaban J connectivity index is 2.03. The third-order valence-corrected chi connectivity index (χ3v) is 3.43. The maximum atomic E-state index is 10.2. The van der Waals surface area contributed by atoms with Crippen LogP contribution >= 0.6 is 15.9 Å². The van der Waals surface area contributed by atoms with Crippen LogP contribution < -0.4 is 4.90 Å². The molecule has 0 aromatic heterocycles. The molecule has 0 saturated carbocycles. The second-order valence-corrected chi connectivity index (χ2v) is 5.20. The van der Waals surface area contributed by atoms with E-state index in [0.717, 1.165) is 15.7 Å². The number of aliphatic hydroxyl groups excluding tert-OH is 1. The first kappa shape index (κ1) is 13.1. The van der Waals surface area contributed by atoms with Crippen molar-refractivity contribution in [3.8, 4) is 0 Å². The smallest absolute Gasteiger partial charge is 0.0964 e. The summed E-state index contributed by atoms with van der Waals surface area (Å²) in [7, 11) is 1.98. The number of hydrogen-bond acceptors (Lipinski definition) is 2. The van der Waals surface area contributed by atoms with E-state index >= 15 is 0 Å². The standard InChI is InChI=1S/C15H16BrNO/c1-17(14-5-3-2-4-6-14)11-15(18)12-7-9-13(16)10-8-12/h2-10,15,18H,11H2,1H3. The average Bonchev–Trinajstić information content (AvgIpc) is 2.40. The molecule has 2 nitrogen and oxygen atoms in total. The normalized spacial score (nSPS) is 12.2. The Kier molecular flexibility index (Phi) is 4.39. The number of nitrogens with zero attached hydrogens (tertiary/aromatic N) is 1. The summed E-state index contributed by atoms with van der Waals surface area (Å²) in [6, 6.07) is 17.8. The van der Waals surface area contributed by atoms with E-state index < -0.39 is 6.10 Å². The minimum atomic E-state index is -0.483. The van der Waals surface area contributed by atoms with Gasteiger partial charge in [-0.2, -0.15) is 0 Å². The maximum absolute atomic E-state index is 10.2. The highest BCUT2D eigenvalue weighted by atomic mass is 79.9. The lowest BCUT2D eigenvalue weighted by Gasteiger charge is -2.23. The Morgan fingerprint density at radius 1 is 1.06 bits per heavy atom. The number of aliphatic hydroxyl groups is 1. The highest BCUT2D eigenvalue weighted by Gasteiger charge is 2.10. The zero-order valence-corrected chi connectivity index (χ0v) is 11.8. The summed E-state index contributed by atoms with van der Waals surface area (Å²) >= 11 is 3.39. The summed E-state index contributed by atoms with van der Waals surface area (Å²) in [6.07, 6.45) is -0.483. The SMILES string of the molecule is CN(CC(O)c1ccc(Br)cc1)c1ccccc1. The van der Waals surface area contributed by atoms with E-state index in [1.807, 2.05) is 66.5 Å². The van der Waals surface area contributed by atoms with Crippen molar-refractivity contribution in [3.63, 3.8) is 0 Å². The number of hydrogen-bond donors (Lipinski definition) is 1. The predicted molar refractivity (Wildman–Crippen MR) is 78.8 cm³/mol. The summed E-state index contributed by atoms with van der Waals surface area (Å²) in [5, 5.41) is 10.2. The highest BCUT2D eigenvalue weighted by Crippen LogP contribution is 2.20. The molecule has 2 rings (SSSR count). The first-order chi connectivity index (χ1) is 8.66. The van der Waals surface area contributed by atoms with Gasteiger partial charge in [-0.3, -0.25) is 0 Å². The number of rotatable bonds is 4. The van der Waals surface area contributed by atoms with Crippen molar-refractivity contribution in [1.29, 1.82) is 0 Å². The largest absolute Gasteiger partial charge is 0.387 e. The lowest BCUT2D eigenvalue weighted by Crippen LogP contribution is -2.23. The molecule has 0 aliphatic carbocycles. The highest BCUT2D eigenvalue weighted by molar-refractivity contribution is 9.10. The Morgan fingerprint density at radius 2 is 1.67 bits per heavy atom. The fourth-order valence-corrected chi connectivity index (χ4v) is 2.10. The molecule has 0 radical (unpaired) electrons. The molecule has 0 spiro atoms. The van der Waals surface area contributed by atoms with Crippen LogP contribution in [0.25, 0.3) is 0 Å². The fourth-order valence-electron chi connectivity index (χ4n) is 1.84. The van der Waals surface area contributed by atoms with Gasteiger partial charge in [0.1, 0.15) is 0 Å². The van der Waals surface area contributed by atoms with Crippen molar-refractivity contribution in [2.75, 3.05) is 18.5 Å². The first-order valence-corrected chi connectivity index (χ1v) is 6.66. The molecule has 0 bridgehead atoms. The number of halogens is 1. The number of benzene rings is 2. The van der Waals surface area contributed by atoms with Crippen molar-refractivity contribution in [2.45, 2.75) is 6.10 Å². The molecule has 94 valence electrons. The van der Waals surface area contributed by atoms with E-state index in [-0.39, 0.29) is 0 Å². The van der Waals surface area contributed by atoms with Gasteiger partial charge in [0, 0.05) is 23.8 Å². The second kappa shape index (κ2) is 6.03. The molecular weight excluding hydrogens is 290 g/mol. The van der Waals surface area contributed by atoms with Crippen LogP contribution in [0.1, 0.15) is 11.7 Å². The third kappa shape index (κ3) is 3.34. The molecule has 3 heteroatoms. The van der Waals surface area contributed by atoms with E-state index in [9.17, 15) is 5.11 Å².